The molecule has 8 heteroatoms. The first kappa shape index (κ1) is 20.2. The van der Waals surface area contributed by atoms with Crippen molar-refractivity contribution in [3.63, 3.8) is 0 Å². The van der Waals surface area contributed by atoms with E-state index < -0.39 is 18.5 Å². The van der Waals surface area contributed by atoms with Gasteiger partial charge in [0.1, 0.15) is 5.82 Å². The fraction of sp³-hybridized carbons (Fsp3) is 0.238. The molecule has 0 aliphatic carbocycles. The summed E-state index contributed by atoms with van der Waals surface area (Å²) >= 11 is 0. The Labute approximate surface area is 166 Å². The van der Waals surface area contributed by atoms with E-state index in [0.717, 1.165) is 5.56 Å². The zero-order valence-electron chi connectivity index (χ0n) is 15.9. The molecule has 150 valence electrons. The van der Waals surface area contributed by atoms with Crippen LogP contribution in [-0.4, -0.2) is 34.8 Å². The molecular formula is C21H20FN3O4. The van der Waals surface area contributed by atoms with Crippen molar-refractivity contribution >= 4 is 22.6 Å². The molecule has 0 radical (unpaired) electrons. The number of rotatable bonds is 7. The molecular weight excluding hydrogens is 377 g/mol. The van der Waals surface area contributed by atoms with Crippen molar-refractivity contribution in [2.45, 2.75) is 12.8 Å². The molecule has 1 amide bonds. The van der Waals surface area contributed by atoms with Crippen LogP contribution in [0.1, 0.15) is 11.3 Å². The van der Waals surface area contributed by atoms with E-state index in [-0.39, 0.29) is 17.8 Å². The first-order valence-electron chi connectivity index (χ1n) is 9.06. The van der Waals surface area contributed by atoms with Gasteiger partial charge in [-0.2, -0.15) is 5.10 Å². The zero-order valence-corrected chi connectivity index (χ0v) is 15.9. The van der Waals surface area contributed by atoms with Crippen LogP contribution in [0.5, 0.6) is 0 Å². The van der Waals surface area contributed by atoms with Crippen molar-refractivity contribution in [1.82, 2.24) is 15.1 Å². The third kappa shape index (κ3) is 5.25. The number of ether oxygens (including phenoxy) is 1. The quantitative estimate of drug-likeness (QED) is 0.611. The Morgan fingerprint density at radius 3 is 2.52 bits per heavy atom. The van der Waals surface area contributed by atoms with Crippen LogP contribution in [0.15, 0.2) is 53.3 Å². The third-order valence-electron chi connectivity index (χ3n) is 4.36. The number of carbonyl (C=O) groups excluding carboxylic acids is 2. The molecule has 0 aliphatic heterocycles. The van der Waals surface area contributed by atoms with E-state index in [0.29, 0.717) is 29.4 Å². The minimum Gasteiger partial charge on any atom is -0.455 e. The molecule has 29 heavy (non-hydrogen) atoms. The number of carbonyl (C=O) groups is 2. The number of aryl methyl sites for hydroxylation is 1. The molecule has 2 aromatic carbocycles. The zero-order chi connectivity index (χ0) is 20.8. The molecule has 7 nitrogen and oxygen atoms in total. The van der Waals surface area contributed by atoms with Crippen LogP contribution in [0.2, 0.25) is 0 Å². The maximum absolute atomic E-state index is 12.9. The number of nitrogens with zero attached hydrogens (tertiary/aromatic N) is 2. The number of esters is 1. The van der Waals surface area contributed by atoms with Crippen molar-refractivity contribution in [3.05, 3.63) is 76.0 Å². The largest absolute Gasteiger partial charge is 0.455 e. The minimum atomic E-state index is -0.616. The molecule has 1 aromatic heterocycles. The van der Waals surface area contributed by atoms with Gasteiger partial charge in [-0.15, -0.1) is 0 Å². The lowest BCUT2D eigenvalue weighted by atomic mass is 10.1. The molecule has 3 aromatic rings. The van der Waals surface area contributed by atoms with Gasteiger partial charge in [-0.05, 0) is 30.2 Å². The fourth-order valence-electron chi connectivity index (χ4n) is 2.89. The van der Waals surface area contributed by atoms with Gasteiger partial charge in [0, 0.05) is 19.0 Å². The number of aromatic nitrogens is 2. The number of benzene rings is 2. The molecule has 3 rings (SSSR count). The van der Waals surface area contributed by atoms with E-state index in [1.54, 1.807) is 36.4 Å². The second-order valence-corrected chi connectivity index (χ2v) is 6.48. The molecule has 0 fully saturated rings. The normalized spacial score (nSPS) is 10.7. The van der Waals surface area contributed by atoms with Crippen LogP contribution < -0.4 is 10.9 Å². The summed E-state index contributed by atoms with van der Waals surface area (Å²) in [5, 5.41) is 7.82. The number of hydrogen-bond donors (Lipinski definition) is 1. The van der Waals surface area contributed by atoms with Crippen LogP contribution in [0, 0.1) is 5.82 Å². The Hall–Kier alpha value is -3.55. The van der Waals surface area contributed by atoms with E-state index >= 15 is 0 Å². The van der Waals surface area contributed by atoms with Gasteiger partial charge in [-0.1, -0.05) is 30.3 Å². The molecule has 0 atom stereocenters. The molecule has 1 N–H and O–H groups in total. The van der Waals surface area contributed by atoms with Crippen molar-refractivity contribution in [2.75, 3.05) is 13.2 Å². The van der Waals surface area contributed by atoms with Gasteiger partial charge in [0.2, 0.25) is 0 Å². The van der Waals surface area contributed by atoms with Crippen LogP contribution >= 0.6 is 0 Å². The summed E-state index contributed by atoms with van der Waals surface area (Å²) in [4.78, 5) is 36.1. The number of fused-ring (bicyclic) bond motifs is 1. The van der Waals surface area contributed by atoms with E-state index in [2.05, 4.69) is 10.4 Å². The maximum atomic E-state index is 12.9. The maximum Gasteiger partial charge on any atom is 0.312 e. The highest BCUT2D eigenvalue weighted by Crippen LogP contribution is 2.13. The molecule has 0 unspecified atom stereocenters. The Bertz CT molecular complexity index is 1090. The van der Waals surface area contributed by atoms with E-state index in [4.69, 9.17) is 4.74 Å². The fourth-order valence-corrected chi connectivity index (χ4v) is 2.89. The van der Waals surface area contributed by atoms with Gasteiger partial charge >= 0.3 is 5.97 Å². The lowest BCUT2D eigenvalue weighted by molar-refractivity contribution is -0.147. The highest BCUT2D eigenvalue weighted by Gasteiger charge is 2.14. The molecule has 0 saturated heterocycles. The topological polar surface area (TPSA) is 90.3 Å². The summed E-state index contributed by atoms with van der Waals surface area (Å²) in [5.74, 6) is -1.36. The Balaban J connectivity index is 1.50. The molecule has 0 aliphatic rings. The molecule has 0 saturated carbocycles. The third-order valence-corrected chi connectivity index (χ3v) is 4.36. The summed E-state index contributed by atoms with van der Waals surface area (Å²) in [5.41, 5.74) is 1.04. The van der Waals surface area contributed by atoms with Crippen LogP contribution in [-0.2, 0) is 34.2 Å². The first-order valence-corrected chi connectivity index (χ1v) is 9.06. The SMILES string of the molecule is Cn1nc(CC(=O)OCC(=O)NCCc2ccc(F)cc2)c2ccccc2c1=O. The van der Waals surface area contributed by atoms with Gasteiger partial charge in [0.15, 0.2) is 6.61 Å². The summed E-state index contributed by atoms with van der Waals surface area (Å²) < 4.78 is 19.0. The predicted molar refractivity (Wildman–Crippen MR) is 105 cm³/mol. The standard InChI is InChI=1S/C21H20FN3O4/c1-25-21(28)17-5-3-2-4-16(17)18(24-25)12-20(27)29-13-19(26)23-11-10-14-6-8-15(22)9-7-14/h2-9H,10-13H2,1H3,(H,23,26). The highest BCUT2D eigenvalue weighted by atomic mass is 19.1. The number of nitrogens with one attached hydrogen (secondary N) is 1. The van der Waals surface area contributed by atoms with E-state index in [1.807, 2.05) is 0 Å². The molecule has 1 heterocycles. The minimum absolute atomic E-state index is 0.155. The second-order valence-electron chi connectivity index (χ2n) is 6.48. The summed E-state index contributed by atoms with van der Waals surface area (Å²) in [6.07, 6.45) is 0.380. The average molecular weight is 397 g/mol. The number of amides is 1. The van der Waals surface area contributed by atoms with Crippen LogP contribution in [0.25, 0.3) is 10.8 Å². The number of hydrogen-bond acceptors (Lipinski definition) is 5. The summed E-state index contributed by atoms with van der Waals surface area (Å²) in [7, 11) is 1.51. The van der Waals surface area contributed by atoms with Gasteiger partial charge < -0.3 is 10.1 Å². The Morgan fingerprint density at radius 2 is 1.79 bits per heavy atom. The van der Waals surface area contributed by atoms with Gasteiger partial charge in [-0.25, -0.2) is 9.07 Å². The lowest BCUT2D eigenvalue weighted by Gasteiger charge is -2.09. The van der Waals surface area contributed by atoms with Crippen LogP contribution in [0.4, 0.5) is 4.39 Å². The van der Waals surface area contributed by atoms with E-state index in [9.17, 15) is 18.8 Å². The monoisotopic (exact) mass is 397 g/mol. The van der Waals surface area contributed by atoms with Crippen molar-refractivity contribution in [2.24, 2.45) is 7.05 Å². The van der Waals surface area contributed by atoms with E-state index in [1.165, 1.54) is 23.9 Å². The predicted octanol–water partition coefficient (Wildman–Crippen LogP) is 1.52. The molecule has 0 bridgehead atoms. The second kappa shape index (κ2) is 9.09. The summed E-state index contributed by atoms with van der Waals surface area (Å²) in [6, 6.07) is 12.9. The smallest absolute Gasteiger partial charge is 0.312 e. The number of halogens is 1. The Kier molecular flexibility index (Phi) is 6.33. The average Bonchev–Trinajstić information content (AvgIpc) is 2.72. The highest BCUT2D eigenvalue weighted by molar-refractivity contribution is 5.87. The van der Waals surface area contributed by atoms with Crippen molar-refractivity contribution < 1.29 is 18.7 Å². The first-order chi connectivity index (χ1) is 13.9. The van der Waals surface area contributed by atoms with Gasteiger partial charge in [0.05, 0.1) is 17.5 Å². The summed E-state index contributed by atoms with van der Waals surface area (Å²) in [6.45, 7) is -0.0685. The molecule has 0 spiro atoms. The van der Waals surface area contributed by atoms with Crippen LogP contribution in [0.3, 0.4) is 0 Å². The Morgan fingerprint density at radius 1 is 1.10 bits per heavy atom. The van der Waals surface area contributed by atoms with Crippen molar-refractivity contribution in [3.8, 4) is 0 Å². The van der Waals surface area contributed by atoms with Gasteiger partial charge in [-0.3, -0.25) is 14.4 Å². The van der Waals surface area contributed by atoms with Crippen molar-refractivity contribution in [1.29, 1.82) is 0 Å². The van der Waals surface area contributed by atoms with Gasteiger partial charge in [0.25, 0.3) is 11.5 Å². The lowest BCUT2D eigenvalue weighted by Crippen LogP contribution is -2.31.